The topological polar surface area (TPSA) is 88.9 Å². The summed E-state index contributed by atoms with van der Waals surface area (Å²) in [5.74, 6) is -0.0115. The molecular weight excluding hydrogens is 372 g/mol. The van der Waals surface area contributed by atoms with E-state index in [1.807, 2.05) is 6.07 Å². The van der Waals surface area contributed by atoms with E-state index in [9.17, 15) is 9.59 Å². The molecule has 0 bridgehead atoms. The number of ether oxygens (including phenoxy) is 3. The zero-order valence-electron chi connectivity index (χ0n) is 15.2. The van der Waals surface area contributed by atoms with E-state index in [0.29, 0.717) is 35.3 Å². The van der Waals surface area contributed by atoms with Gasteiger partial charge in [-0.25, -0.2) is 4.79 Å². The van der Waals surface area contributed by atoms with Crippen molar-refractivity contribution < 1.29 is 23.8 Å². The van der Waals surface area contributed by atoms with Gasteiger partial charge in [-0.3, -0.25) is 4.79 Å². The van der Waals surface area contributed by atoms with Gasteiger partial charge < -0.3 is 19.1 Å². The molecule has 0 saturated heterocycles. The van der Waals surface area contributed by atoms with Crippen molar-refractivity contribution in [2.75, 3.05) is 26.8 Å². The summed E-state index contributed by atoms with van der Waals surface area (Å²) in [6.45, 7) is 2.82. The summed E-state index contributed by atoms with van der Waals surface area (Å²) in [6.07, 6.45) is 2.78. The van der Waals surface area contributed by atoms with E-state index in [4.69, 9.17) is 31.1 Å². The largest absolute Gasteiger partial charge is 0.489 e. The number of carbonyl (C=O) groups is 2. The Hall–Kier alpha value is -2.72. The van der Waals surface area contributed by atoms with Crippen LogP contribution >= 0.6 is 11.6 Å². The van der Waals surface area contributed by atoms with Crippen LogP contribution in [0, 0.1) is 11.3 Å². The molecule has 144 valence electrons. The molecule has 1 aliphatic heterocycles. The van der Waals surface area contributed by atoms with Crippen LogP contribution in [-0.2, 0) is 14.3 Å². The molecule has 0 N–H and O–H groups in total. The lowest BCUT2D eigenvalue weighted by Crippen LogP contribution is -2.37. The lowest BCUT2D eigenvalue weighted by Gasteiger charge is -2.19. The number of rotatable bonds is 6. The first-order chi connectivity index (χ1) is 12.9. The number of amides is 1. The fourth-order valence-electron chi connectivity index (χ4n) is 2.41. The summed E-state index contributed by atoms with van der Waals surface area (Å²) >= 11 is 6.21. The highest BCUT2D eigenvalue weighted by molar-refractivity contribution is 6.32. The first-order valence-electron chi connectivity index (χ1n) is 8.52. The van der Waals surface area contributed by atoms with E-state index in [1.165, 1.54) is 24.0 Å². The zero-order chi connectivity index (χ0) is 19.8. The Morgan fingerprint density at radius 3 is 2.89 bits per heavy atom. The number of benzene rings is 1. The van der Waals surface area contributed by atoms with Gasteiger partial charge in [0.25, 0.3) is 5.91 Å². The van der Waals surface area contributed by atoms with Gasteiger partial charge >= 0.3 is 5.97 Å². The minimum absolute atomic E-state index is 0.216. The second-order valence-corrected chi connectivity index (χ2v) is 6.37. The normalized spacial score (nSPS) is 14.1. The van der Waals surface area contributed by atoms with Crippen LogP contribution in [0.1, 0.15) is 25.3 Å². The van der Waals surface area contributed by atoms with Crippen LogP contribution in [0.3, 0.4) is 0 Å². The average Bonchev–Trinajstić information content (AvgIpc) is 2.89. The van der Waals surface area contributed by atoms with Gasteiger partial charge in [0.15, 0.2) is 17.6 Å². The standard InChI is InChI=1S/C19H21ClN2O5/c1-13(19(24)22(2)8-3-7-21)27-17(23)6-5-14-11-15(20)18-16(12-14)25-9-4-10-26-18/h5-6,11-13H,3-4,8-10H2,1-2H3/b6-5+/t13-/m1/s1. The number of carbonyl (C=O) groups excluding carboxylic acids is 2. The lowest BCUT2D eigenvalue weighted by molar-refractivity contribution is -0.154. The minimum Gasteiger partial charge on any atom is -0.489 e. The highest BCUT2D eigenvalue weighted by atomic mass is 35.5. The first-order valence-corrected chi connectivity index (χ1v) is 8.90. The fourth-order valence-corrected chi connectivity index (χ4v) is 2.69. The van der Waals surface area contributed by atoms with Gasteiger partial charge in [-0.15, -0.1) is 0 Å². The van der Waals surface area contributed by atoms with Crippen LogP contribution in [-0.4, -0.2) is 49.7 Å². The average molecular weight is 393 g/mol. The number of esters is 1. The Bertz CT molecular complexity index is 772. The first kappa shape index (κ1) is 20.6. The van der Waals surface area contributed by atoms with Crippen LogP contribution in [0.5, 0.6) is 11.5 Å². The van der Waals surface area contributed by atoms with Crippen molar-refractivity contribution in [2.45, 2.75) is 25.9 Å². The Morgan fingerprint density at radius 2 is 2.15 bits per heavy atom. The fraction of sp³-hybridized carbons (Fsp3) is 0.421. The number of nitriles is 1. The molecule has 1 heterocycles. The number of likely N-dealkylation sites (N-methyl/N-ethyl adjacent to an activating group) is 1. The predicted octanol–water partition coefficient (Wildman–Crippen LogP) is 2.82. The molecule has 0 unspecified atom stereocenters. The van der Waals surface area contributed by atoms with E-state index in [1.54, 1.807) is 19.2 Å². The van der Waals surface area contributed by atoms with Crippen LogP contribution in [0.2, 0.25) is 5.02 Å². The maximum Gasteiger partial charge on any atom is 0.331 e. The number of halogens is 1. The van der Waals surface area contributed by atoms with Crippen LogP contribution in [0.4, 0.5) is 0 Å². The van der Waals surface area contributed by atoms with Crippen molar-refractivity contribution in [3.63, 3.8) is 0 Å². The van der Waals surface area contributed by atoms with Crippen molar-refractivity contribution in [1.82, 2.24) is 4.90 Å². The molecule has 0 fully saturated rings. The Labute approximate surface area is 163 Å². The summed E-state index contributed by atoms with van der Waals surface area (Å²) in [5, 5.41) is 8.95. The minimum atomic E-state index is -0.946. The Morgan fingerprint density at radius 1 is 1.41 bits per heavy atom. The third-order valence-electron chi connectivity index (χ3n) is 3.81. The second-order valence-electron chi connectivity index (χ2n) is 5.96. The van der Waals surface area contributed by atoms with Crippen molar-refractivity contribution in [2.24, 2.45) is 0 Å². The monoisotopic (exact) mass is 392 g/mol. The molecule has 2 rings (SSSR count). The maximum absolute atomic E-state index is 12.1. The summed E-state index contributed by atoms with van der Waals surface area (Å²) in [4.78, 5) is 25.4. The van der Waals surface area contributed by atoms with Gasteiger partial charge in [0.1, 0.15) is 0 Å². The maximum atomic E-state index is 12.1. The number of nitrogens with zero attached hydrogens (tertiary/aromatic N) is 2. The molecule has 1 amide bonds. The SMILES string of the molecule is C[C@@H](OC(=O)/C=C/c1cc(Cl)c2c(c1)OCCCO2)C(=O)N(C)CCC#N. The highest BCUT2D eigenvalue weighted by Crippen LogP contribution is 2.38. The van der Waals surface area contributed by atoms with E-state index >= 15 is 0 Å². The van der Waals surface area contributed by atoms with Crippen molar-refractivity contribution >= 4 is 29.6 Å². The molecule has 7 nitrogen and oxygen atoms in total. The van der Waals surface area contributed by atoms with Crippen molar-refractivity contribution in [3.8, 4) is 17.6 Å². The molecule has 27 heavy (non-hydrogen) atoms. The Balaban J connectivity index is 1.98. The molecule has 1 aromatic carbocycles. The van der Waals surface area contributed by atoms with Crippen molar-refractivity contribution in [1.29, 1.82) is 5.26 Å². The molecule has 0 aromatic heterocycles. The van der Waals surface area contributed by atoms with E-state index in [-0.39, 0.29) is 18.9 Å². The molecule has 0 saturated carbocycles. The second kappa shape index (κ2) is 9.83. The summed E-state index contributed by atoms with van der Waals surface area (Å²) in [5.41, 5.74) is 0.645. The molecular formula is C19H21ClN2O5. The van der Waals surface area contributed by atoms with E-state index in [2.05, 4.69) is 0 Å². The smallest absolute Gasteiger partial charge is 0.331 e. The molecule has 0 radical (unpaired) electrons. The number of hydrogen-bond acceptors (Lipinski definition) is 6. The molecule has 1 atom stereocenters. The molecule has 1 aromatic rings. The quantitative estimate of drug-likeness (QED) is 0.546. The summed E-state index contributed by atoms with van der Waals surface area (Å²) < 4.78 is 16.3. The van der Waals surface area contributed by atoms with E-state index < -0.39 is 12.1 Å². The molecule has 8 heteroatoms. The summed E-state index contributed by atoms with van der Waals surface area (Å²) in [6, 6.07) is 5.34. The van der Waals surface area contributed by atoms with Gasteiger partial charge in [0.05, 0.1) is 30.7 Å². The molecule has 0 spiro atoms. The zero-order valence-corrected chi connectivity index (χ0v) is 16.0. The Kier molecular flexibility index (Phi) is 7.50. The third-order valence-corrected chi connectivity index (χ3v) is 4.09. The van der Waals surface area contributed by atoms with Gasteiger partial charge in [-0.2, -0.15) is 5.26 Å². The van der Waals surface area contributed by atoms with Crippen molar-refractivity contribution in [3.05, 3.63) is 28.8 Å². The summed E-state index contributed by atoms with van der Waals surface area (Å²) in [7, 11) is 1.56. The van der Waals surface area contributed by atoms with E-state index in [0.717, 1.165) is 6.42 Å². The third kappa shape index (κ3) is 5.90. The molecule has 1 aliphatic rings. The molecule has 0 aliphatic carbocycles. The van der Waals surface area contributed by atoms with Crippen LogP contribution < -0.4 is 9.47 Å². The highest BCUT2D eigenvalue weighted by Gasteiger charge is 2.20. The van der Waals surface area contributed by atoms with Gasteiger partial charge in [0.2, 0.25) is 0 Å². The van der Waals surface area contributed by atoms with Gasteiger partial charge in [-0.05, 0) is 30.7 Å². The van der Waals surface area contributed by atoms with Crippen LogP contribution in [0.15, 0.2) is 18.2 Å². The lowest BCUT2D eigenvalue weighted by atomic mass is 10.2. The van der Waals surface area contributed by atoms with Gasteiger partial charge in [-0.1, -0.05) is 11.6 Å². The predicted molar refractivity (Wildman–Crippen MR) is 99.5 cm³/mol. The number of fused-ring (bicyclic) bond motifs is 1. The van der Waals surface area contributed by atoms with Crippen LogP contribution in [0.25, 0.3) is 6.08 Å². The van der Waals surface area contributed by atoms with Gasteiger partial charge in [0, 0.05) is 26.1 Å². The number of hydrogen-bond donors (Lipinski definition) is 0.